The number of allylic oxidation sites excluding steroid dienone is 4. The number of nitrogens with zero attached hydrogens (tertiary/aromatic N) is 1. The molecular weight excluding hydrogens is 177 g/mol. The van der Waals surface area contributed by atoms with Crippen molar-refractivity contribution in [3.05, 3.63) is 23.8 Å². The second kappa shape index (κ2) is 3.20. The summed E-state index contributed by atoms with van der Waals surface area (Å²) in [5.74, 6) is 2.32. The standard InChI is InChI=1S/C11H14NP/c1-13-7-2-3-10(4-8-13)11(9-12)5-6-11/h2-4,8,13H,5-7H2,1H3. The Hall–Kier alpha value is -0.730. The normalized spacial score (nSPS) is 29.5. The van der Waals surface area contributed by atoms with Gasteiger partial charge in [0.25, 0.3) is 0 Å². The van der Waals surface area contributed by atoms with Crippen LogP contribution in [-0.4, -0.2) is 18.6 Å². The molecule has 0 radical (unpaired) electrons. The van der Waals surface area contributed by atoms with Gasteiger partial charge in [0.1, 0.15) is 0 Å². The Labute approximate surface area is 80.1 Å². The van der Waals surface area contributed by atoms with Crippen molar-refractivity contribution in [3.8, 4) is 6.07 Å². The monoisotopic (exact) mass is 191 g/mol. The van der Waals surface area contributed by atoms with E-state index in [4.69, 9.17) is 5.26 Å². The molecule has 0 bridgehead atoms. The summed E-state index contributed by atoms with van der Waals surface area (Å²) in [7, 11) is -0.299. The van der Waals surface area contributed by atoms with Crippen molar-refractivity contribution in [3.63, 3.8) is 0 Å². The van der Waals surface area contributed by atoms with Crippen molar-refractivity contribution < 1.29 is 0 Å². The Kier molecular flexibility index (Phi) is 2.18. The first-order chi connectivity index (χ1) is 6.27. The first kappa shape index (κ1) is 8.85. The summed E-state index contributed by atoms with van der Waals surface area (Å²) in [6, 6.07) is 2.44. The third kappa shape index (κ3) is 1.64. The molecule has 2 heteroatoms. The minimum Gasteiger partial charge on any atom is -0.197 e. The molecule has 1 heterocycles. The molecule has 1 atom stereocenters. The fourth-order valence-electron chi connectivity index (χ4n) is 1.64. The van der Waals surface area contributed by atoms with Crippen LogP contribution >= 0.6 is 7.55 Å². The molecule has 1 saturated carbocycles. The highest BCUT2D eigenvalue weighted by atomic mass is 31.1. The van der Waals surface area contributed by atoms with Gasteiger partial charge >= 0.3 is 0 Å². The molecule has 1 aliphatic carbocycles. The summed E-state index contributed by atoms with van der Waals surface area (Å²) in [5.41, 5.74) is 1.15. The Bertz CT molecular complexity index is 351. The van der Waals surface area contributed by atoms with E-state index in [1.807, 2.05) is 0 Å². The minimum absolute atomic E-state index is 0.0977. The van der Waals surface area contributed by atoms with Crippen molar-refractivity contribution in [1.82, 2.24) is 0 Å². The molecule has 13 heavy (non-hydrogen) atoms. The molecule has 1 unspecified atom stereocenters. The van der Waals surface area contributed by atoms with E-state index in [9.17, 15) is 0 Å². The summed E-state index contributed by atoms with van der Waals surface area (Å²) in [5, 5.41) is 9.04. The largest absolute Gasteiger partial charge is 0.197 e. The van der Waals surface area contributed by atoms with E-state index >= 15 is 0 Å². The predicted octanol–water partition coefficient (Wildman–Crippen LogP) is 2.43. The van der Waals surface area contributed by atoms with Crippen molar-refractivity contribution in [2.24, 2.45) is 5.41 Å². The van der Waals surface area contributed by atoms with E-state index < -0.39 is 0 Å². The molecule has 0 aromatic heterocycles. The second-order valence-corrected chi connectivity index (χ2v) is 6.37. The Morgan fingerprint density at radius 3 is 2.92 bits per heavy atom. The van der Waals surface area contributed by atoms with Crippen LogP contribution in [-0.2, 0) is 0 Å². The van der Waals surface area contributed by atoms with Gasteiger partial charge in [-0.05, 0) is 31.2 Å². The molecule has 0 N–H and O–H groups in total. The van der Waals surface area contributed by atoms with Gasteiger partial charge in [-0.3, -0.25) is 0 Å². The molecule has 0 aromatic rings. The first-order valence-corrected chi connectivity index (χ1v) is 7.01. The van der Waals surface area contributed by atoms with Crippen LogP contribution in [0, 0.1) is 16.7 Å². The number of hydrogen-bond donors (Lipinski definition) is 0. The highest BCUT2D eigenvalue weighted by molar-refractivity contribution is 7.57. The maximum Gasteiger partial charge on any atom is 0.0823 e. The van der Waals surface area contributed by atoms with Crippen LogP contribution in [0.3, 0.4) is 0 Å². The molecular formula is C11H14NP. The smallest absolute Gasteiger partial charge is 0.0823 e. The van der Waals surface area contributed by atoms with E-state index in [0.717, 1.165) is 12.8 Å². The molecule has 1 fully saturated rings. The number of hydrogen-bond acceptors (Lipinski definition) is 1. The van der Waals surface area contributed by atoms with Crippen molar-refractivity contribution in [1.29, 1.82) is 5.26 Å². The van der Waals surface area contributed by atoms with Gasteiger partial charge in [-0.2, -0.15) is 5.26 Å². The lowest BCUT2D eigenvalue weighted by atomic mass is 9.97. The first-order valence-electron chi connectivity index (χ1n) is 4.73. The second-order valence-electron chi connectivity index (χ2n) is 3.94. The fraction of sp³-hybridized carbons (Fsp3) is 0.455. The number of rotatable bonds is 1. The summed E-state index contributed by atoms with van der Waals surface area (Å²) >= 11 is 0. The van der Waals surface area contributed by atoms with Gasteiger partial charge in [-0.25, -0.2) is 0 Å². The molecule has 2 rings (SSSR count). The minimum atomic E-state index is -0.299. The predicted molar refractivity (Wildman–Crippen MR) is 59.7 cm³/mol. The zero-order valence-corrected chi connectivity index (χ0v) is 8.88. The Morgan fingerprint density at radius 2 is 2.31 bits per heavy atom. The zero-order valence-electron chi connectivity index (χ0n) is 7.88. The summed E-state index contributed by atoms with van der Waals surface area (Å²) < 4.78 is 0. The lowest BCUT2D eigenvalue weighted by Gasteiger charge is -2.04. The van der Waals surface area contributed by atoms with Gasteiger partial charge in [-0.15, -0.1) is 7.55 Å². The highest BCUT2D eigenvalue weighted by Gasteiger charge is 2.45. The third-order valence-electron chi connectivity index (χ3n) is 2.80. The lowest BCUT2D eigenvalue weighted by Crippen LogP contribution is -1.98. The molecule has 0 aromatic carbocycles. The highest BCUT2D eigenvalue weighted by Crippen LogP contribution is 2.52. The van der Waals surface area contributed by atoms with Crippen molar-refractivity contribution in [2.45, 2.75) is 12.8 Å². The van der Waals surface area contributed by atoms with Gasteiger partial charge in [0.15, 0.2) is 0 Å². The van der Waals surface area contributed by atoms with E-state index in [1.54, 1.807) is 0 Å². The molecule has 1 aliphatic heterocycles. The van der Waals surface area contributed by atoms with Crippen LogP contribution in [0.4, 0.5) is 0 Å². The van der Waals surface area contributed by atoms with Crippen LogP contribution in [0.15, 0.2) is 23.8 Å². The van der Waals surface area contributed by atoms with Crippen LogP contribution in [0.2, 0.25) is 0 Å². The zero-order chi connectivity index (χ0) is 9.31. The fourth-order valence-corrected chi connectivity index (χ4v) is 2.73. The van der Waals surface area contributed by atoms with E-state index in [-0.39, 0.29) is 13.0 Å². The molecule has 1 nitrogen and oxygen atoms in total. The van der Waals surface area contributed by atoms with Crippen molar-refractivity contribution in [2.75, 3.05) is 12.8 Å². The van der Waals surface area contributed by atoms with Crippen LogP contribution in [0.25, 0.3) is 0 Å². The lowest BCUT2D eigenvalue weighted by molar-refractivity contribution is 0.831. The third-order valence-corrected chi connectivity index (χ3v) is 4.42. The molecule has 0 saturated heterocycles. The molecule has 68 valence electrons. The van der Waals surface area contributed by atoms with Gasteiger partial charge in [0.2, 0.25) is 0 Å². The maximum absolute atomic E-state index is 9.04. The van der Waals surface area contributed by atoms with Gasteiger partial charge in [-0.1, -0.05) is 24.0 Å². The number of nitriles is 1. The summed E-state index contributed by atoms with van der Waals surface area (Å²) in [6.45, 7) is 2.31. The van der Waals surface area contributed by atoms with E-state index in [1.165, 1.54) is 11.7 Å². The molecule has 0 amide bonds. The van der Waals surface area contributed by atoms with Gasteiger partial charge in [0, 0.05) is 0 Å². The van der Waals surface area contributed by atoms with Crippen LogP contribution in [0.5, 0.6) is 0 Å². The van der Waals surface area contributed by atoms with Gasteiger partial charge in [0.05, 0.1) is 11.5 Å². The van der Waals surface area contributed by atoms with E-state index in [2.05, 4.69) is 36.8 Å². The molecule has 2 aliphatic rings. The average Bonchev–Trinajstić information content (AvgIpc) is 2.89. The Balaban J connectivity index is 2.30. The topological polar surface area (TPSA) is 23.8 Å². The van der Waals surface area contributed by atoms with Crippen molar-refractivity contribution >= 4 is 13.3 Å². The maximum atomic E-state index is 9.04. The summed E-state index contributed by atoms with van der Waals surface area (Å²) in [4.78, 5) is 0. The van der Waals surface area contributed by atoms with Crippen LogP contribution in [0.1, 0.15) is 12.8 Å². The molecule has 0 spiro atoms. The van der Waals surface area contributed by atoms with E-state index in [0.29, 0.717) is 0 Å². The summed E-state index contributed by atoms with van der Waals surface area (Å²) in [6.07, 6.45) is 9.90. The Morgan fingerprint density at radius 1 is 1.54 bits per heavy atom. The quantitative estimate of drug-likeness (QED) is 0.584. The van der Waals surface area contributed by atoms with Crippen LogP contribution < -0.4 is 0 Å². The SMILES string of the molecule is C[PH]1=CC=C(C2(C#N)CC2)C=CC1. The average molecular weight is 191 g/mol. The van der Waals surface area contributed by atoms with Gasteiger partial charge < -0.3 is 0 Å².